The van der Waals surface area contributed by atoms with Crippen LogP contribution in [0, 0.1) is 12.7 Å². The van der Waals surface area contributed by atoms with Crippen molar-refractivity contribution in [3.63, 3.8) is 0 Å². The van der Waals surface area contributed by atoms with Gasteiger partial charge < -0.3 is 15.5 Å². The van der Waals surface area contributed by atoms with Crippen LogP contribution in [-0.2, 0) is 16.6 Å². The van der Waals surface area contributed by atoms with Crippen LogP contribution in [0.1, 0.15) is 11.1 Å². The summed E-state index contributed by atoms with van der Waals surface area (Å²) in [5, 5.41) is 5.14. The molecule has 0 aliphatic carbocycles. The molecule has 1 saturated heterocycles. The smallest absolute Gasteiger partial charge is 0.314 e. The van der Waals surface area contributed by atoms with Crippen LogP contribution in [0.3, 0.4) is 0 Å². The predicted molar refractivity (Wildman–Crippen MR) is 179 cm³/mol. The first-order chi connectivity index (χ1) is 22.7. The van der Waals surface area contributed by atoms with E-state index in [-0.39, 0.29) is 10.7 Å². The number of aromatic nitrogens is 4. The molecule has 0 atom stereocenters. The number of primary amides is 1. The molecule has 6 aromatic rings. The van der Waals surface area contributed by atoms with Gasteiger partial charge >= 0.3 is 6.03 Å². The quantitative estimate of drug-likeness (QED) is 0.244. The van der Waals surface area contributed by atoms with Crippen molar-refractivity contribution >= 4 is 32.8 Å². The Bertz CT molecular complexity index is 2200. The fourth-order valence-electron chi connectivity index (χ4n) is 5.94. The predicted octanol–water partition coefficient (Wildman–Crippen LogP) is 5.50. The second-order valence-corrected chi connectivity index (χ2v) is 13.5. The van der Waals surface area contributed by atoms with E-state index in [0.29, 0.717) is 54.9 Å². The Morgan fingerprint density at radius 3 is 2.32 bits per heavy atom. The van der Waals surface area contributed by atoms with E-state index < -0.39 is 16.1 Å². The van der Waals surface area contributed by atoms with Gasteiger partial charge in [0.05, 0.1) is 17.6 Å². The van der Waals surface area contributed by atoms with Gasteiger partial charge in [-0.2, -0.15) is 5.10 Å². The number of carbonyl (C=O) groups is 1. The molecule has 1 fully saturated rings. The van der Waals surface area contributed by atoms with E-state index in [4.69, 9.17) is 5.73 Å². The number of aryl methyl sites for hydroxylation is 1. The van der Waals surface area contributed by atoms with Gasteiger partial charge in [-0.25, -0.2) is 26.6 Å². The Labute approximate surface area is 271 Å². The third kappa shape index (κ3) is 5.95. The highest BCUT2D eigenvalue weighted by molar-refractivity contribution is 7.90. The minimum atomic E-state index is -3.97. The van der Waals surface area contributed by atoms with Gasteiger partial charge in [-0.15, -0.1) is 0 Å². The average Bonchev–Trinajstić information content (AvgIpc) is 3.70. The lowest BCUT2D eigenvalue weighted by atomic mass is 10.0. The molecule has 12 heteroatoms. The molecule has 0 spiro atoms. The van der Waals surface area contributed by atoms with Crippen LogP contribution >= 0.6 is 0 Å². The molecule has 2 N–H and O–H groups in total. The molecule has 0 saturated carbocycles. The third-order valence-electron chi connectivity index (χ3n) is 8.52. The van der Waals surface area contributed by atoms with Crippen molar-refractivity contribution < 1.29 is 17.6 Å². The number of carbonyl (C=O) groups excluding carboxylic acids is 1. The summed E-state index contributed by atoms with van der Waals surface area (Å²) in [4.78, 5) is 20.2. The summed E-state index contributed by atoms with van der Waals surface area (Å²) in [6.07, 6.45) is 6.77. The largest absolute Gasteiger partial charge is 0.368 e. The third-order valence-corrected chi connectivity index (χ3v) is 10.2. The highest BCUT2D eigenvalue weighted by atomic mass is 32.2. The van der Waals surface area contributed by atoms with E-state index in [1.165, 1.54) is 16.1 Å². The molecular weight excluding hydrogens is 617 g/mol. The van der Waals surface area contributed by atoms with Gasteiger partial charge in [0.25, 0.3) is 10.0 Å². The maximum atomic E-state index is 13.9. The van der Waals surface area contributed by atoms with Gasteiger partial charge in [0, 0.05) is 72.5 Å². The minimum absolute atomic E-state index is 0.159. The molecule has 238 valence electrons. The maximum absolute atomic E-state index is 13.9. The molecule has 3 aromatic carbocycles. The molecule has 3 aromatic heterocycles. The standard InChI is InChI=1S/C35H32FN7O3S/c1-24-5-11-31(12-6-24)47(45,46)43-23-33(28-20-39-42(22-28)21-25-3-2-4-29(36)17-25)32-18-27(19-38-34(32)43)26-7-9-30(10-8-26)40-13-15-41(16-14-40)35(37)44/h2-12,17-20,22-23H,13-16,21H2,1H3,(H2,37,44). The van der Waals surface area contributed by atoms with Gasteiger partial charge in [-0.1, -0.05) is 42.0 Å². The zero-order valence-electron chi connectivity index (χ0n) is 25.6. The Hall–Kier alpha value is -5.49. The summed E-state index contributed by atoms with van der Waals surface area (Å²) >= 11 is 0. The van der Waals surface area contributed by atoms with Crippen LogP contribution in [0.2, 0.25) is 0 Å². The zero-order valence-corrected chi connectivity index (χ0v) is 26.4. The van der Waals surface area contributed by atoms with E-state index in [2.05, 4.69) is 15.0 Å². The lowest BCUT2D eigenvalue weighted by molar-refractivity contribution is 0.204. The van der Waals surface area contributed by atoms with Crippen LogP contribution in [0.25, 0.3) is 33.3 Å². The van der Waals surface area contributed by atoms with Gasteiger partial charge in [-0.05, 0) is 60.5 Å². The number of fused-ring (bicyclic) bond motifs is 1. The fourth-order valence-corrected chi connectivity index (χ4v) is 7.26. The number of nitrogens with zero attached hydrogens (tertiary/aromatic N) is 6. The molecule has 0 bridgehead atoms. The molecule has 0 unspecified atom stereocenters. The second-order valence-electron chi connectivity index (χ2n) is 11.7. The summed E-state index contributed by atoms with van der Waals surface area (Å²) in [7, 11) is -3.97. The second kappa shape index (κ2) is 12.0. The van der Waals surface area contributed by atoms with Crippen molar-refractivity contribution in [3.05, 3.63) is 121 Å². The van der Waals surface area contributed by atoms with E-state index in [0.717, 1.165) is 27.9 Å². The molecule has 2 amide bonds. The van der Waals surface area contributed by atoms with Crippen molar-refractivity contribution in [2.75, 3.05) is 31.1 Å². The van der Waals surface area contributed by atoms with Gasteiger partial charge in [-0.3, -0.25) is 4.68 Å². The number of urea groups is 1. The maximum Gasteiger partial charge on any atom is 0.314 e. The Balaban J connectivity index is 1.26. The number of rotatable bonds is 7. The number of benzene rings is 3. The van der Waals surface area contributed by atoms with Gasteiger partial charge in [0.2, 0.25) is 0 Å². The molecule has 47 heavy (non-hydrogen) atoms. The highest BCUT2D eigenvalue weighted by Crippen LogP contribution is 2.35. The first-order valence-electron chi connectivity index (χ1n) is 15.2. The molecule has 10 nitrogen and oxygen atoms in total. The first kappa shape index (κ1) is 30.2. The normalized spacial score (nSPS) is 13.7. The van der Waals surface area contributed by atoms with Crippen molar-refractivity contribution in [2.45, 2.75) is 18.4 Å². The Kier molecular flexibility index (Phi) is 7.72. The number of pyridine rings is 1. The molecule has 0 radical (unpaired) electrons. The summed E-state index contributed by atoms with van der Waals surface area (Å²) in [6.45, 7) is 4.78. The van der Waals surface area contributed by atoms with Crippen LogP contribution in [0.5, 0.6) is 0 Å². The lowest BCUT2D eigenvalue weighted by Gasteiger charge is -2.35. The minimum Gasteiger partial charge on any atom is -0.368 e. The molecule has 1 aliphatic heterocycles. The zero-order chi connectivity index (χ0) is 32.7. The van der Waals surface area contributed by atoms with E-state index >= 15 is 0 Å². The van der Waals surface area contributed by atoms with Gasteiger partial charge in [0.15, 0.2) is 5.65 Å². The van der Waals surface area contributed by atoms with E-state index in [9.17, 15) is 17.6 Å². The Morgan fingerprint density at radius 1 is 0.872 bits per heavy atom. The number of anilines is 1. The first-order valence-corrected chi connectivity index (χ1v) is 16.6. The van der Waals surface area contributed by atoms with Crippen molar-refractivity contribution in [3.8, 4) is 22.3 Å². The fraction of sp³-hybridized carbons (Fsp3) is 0.171. The number of piperazine rings is 1. The van der Waals surface area contributed by atoms with E-state index in [1.807, 2.05) is 49.5 Å². The summed E-state index contributed by atoms with van der Waals surface area (Å²) < 4.78 is 44.6. The van der Waals surface area contributed by atoms with Crippen molar-refractivity contribution in [2.24, 2.45) is 5.73 Å². The monoisotopic (exact) mass is 649 g/mol. The van der Waals surface area contributed by atoms with Crippen molar-refractivity contribution in [1.29, 1.82) is 0 Å². The number of hydrogen-bond donors (Lipinski definition) is 1. The number of hydrogen-bond acceptors (Lipinski definition) is 6. The number of halogens is 1. The van der Waals surface area contributed by atoms with Crippen LogP contribution in [0.4, 0.5) is 14.9 Å². The number of amides is 2. The molecule has 4 heterocycles. The topological polar surface area (TPSA) is 119 Å². The molecule has 1 aliphatic rings. The van der Waals surface area contributed by atoms with Gasteiger partial charge in [0.1, 0.15) is 5.82 Å². The summed E-state index contributed by atoms with van der Waals surface area (Å²) in [6, 6.07) is 22.7. The SMILES string of the molecule is Cc1ccc(S(=O)(=O)n2cc(-c3cnn(Cc4cccc(F)c4)c3)c3cc(-c4ccc(N5CCN(C(N)=O)CC5)cc4)cnc32)cc1. The molecule has 7 rings (SSSR count). The number of nitrogens with two attached hydrogens (primary N) is 1. The summed E-state index contributed by atoms with van der Waals surface area (Å²) in [5.74, 6) is -0.323. The van der Waals surface area contributed by atoms with Crippen molar-refractivity contribution in [1.82, 2.24) is 23.6 Å². The highest BCUT2D eigenvalue weighted by Gasteiger charge is 2.24. The summed E-state index contributed by atoms with van der Waals surface area (Å²) in [5.41, 5.74) is 11.6. The van der Waals surface area contributed by atoms with Crippen LogP contribution in [-0.4, -0.2) is 64.3 Å². The Morgan fingerprint density at radius 2 is 1.62 bits per heavy atom. The molecular formula is C35H32FN7O3S. The van der Waals surface area contributed by atoms with E-state index in [1.54, 1.807) is 58.5 Å². The average molecular weight is 650 g/mol. The van der Waals surface area contributed by atoms with Crippen LogP contribution in [0.15, 0.2) is 109 Å². The van der Waals surface area contributed by atoms with Crippen LogP contribution < -0.4 is 10.6 Å². The lowest BCUT2D eigenvalue weighted by Crippen LogP contribution is -2.50.